The first-order valence-electron chi connectivity index (χ1n) is 11.4. The summed E-state index contributed by atoms with van der Waals surface area (Å²) >= 11 is 0. The Kier molecular flexibility index (Phi) is 7.32. The number of rotatable bonds is 9. The number of nitrogens with zero attached hydrogens (tertiary/aromatic N) is 4. The van der Waals surface area contributed by atoms with Crippen LogP contribution in [0.5, 0.6) is 5.88 Å². The van der Waals surface area contributed by atoms with Crippen LogP contribution in [0.1, 0.15) is 46.8 Å². The number of nitrogen functional groups attached to an aromatic ring is 1. The van der Waals surface area contributed by atoms with Crippen molar-refractivity contribution in [3.63, 3.8) is 0 Å². The molecule has 2 aromatic heterocycles. The van der Waals surface area contributed by atoms with Crippen molar-refractivity contribution in [2.24, 2.45) is 5.73 Å². The first-order valence-corrected chi connectivity index (χ1v) is 12.8. The molecule has 0 unspecified atom stereocenters. The fourth-order valence-corrected chi connectivity index (χ4v) is 5.55. The molecule has 5 atom stereocenters. The number of ether oxygens (including phenoxy) is 3. The molecule has 4 N–H and O–H groups in total. The number of imidazole rings is 1. The van der Waals surface area contributed by atoms with Gasteiger partial charge in [-0.25, -0.2) is 9.55 Å². The Morgan fingerprint density at radius 2 is 2.17 bits per heavy atom. The molecule has 0 bridgehead atoms. The van der Waals surface area contributed by atoms with Gasteiger partial charge in [0.1, 0.15) is 12.2 Å². The number of aromatic nitrogens is 4. The van der Waals surface area contributed by atoms with Crippen LogP contribution in [-0.2, 0) is 32.4 Å². The summed E-state index contributed by atoms with van der Waals surface area (Å²) in [5.41, 5.74) is 12.1. The fraction of sp³-hybridized carbons (Fsp3) is 0.700. The van der Waals surface area contributed by atoms with Crippen molar-refractivity contribution in [2.75, 3.05) is 25.6 Å². The van der Waals surface area contributed by atoms with Crippen molar-refractivity contribution in [1.82, 2.24) is 19.5 Å². The van der Waals surface area contributed by atoms with Crippen molar-refractivity contribution in [1.29, 1.82) is 0 Å². The van der Waals surface area contributed by atoms with Gasteiger partial charge in [0.15, 0.2) is 17.4 Å². The average molecular weight is 514 g/mol. The second-order valence-corrected chi connectivity index (χ2v) is 10.4. The van der Waals surface area contributed by atoms with E-state index in [-0.39, 0.29) is 43.5 Å². The zero-order valence-electron chi connectivity index (χ0n) is 20.1. The topological polar surface area (TPSA) is 185 Å². The molecule has 15 heteroatoms. The van der Waals surface area contributed by atoms with Crippen molar-refractivity contribution >= 4 is 30.9 Å². The monoisotopic (exact) mass is 514 g/mol. The van der Waals surface area contributed by atoms with E-state index >= 15 is 0 Å². The summed E-state index contributed by atoms with van der Waals surface area (Å²) in [4.78, 5) is 24.4. The third-order valence-electron chi connectivity index (χ3n) is 5.51. The molecule has 0 aliphatic carbocycles. The number of carbonyl (C=O) groups is 1. The van der Waals surface area contributed by atoms with Gasteiger partial charge in [0.05, 0.1) is 37.8 Å². The Balaban J connectivity index is 1.47. The van der Waals surface area contributed by atoms with Gasteiger partial charge in [-0.1, -0.05) is 0 Å². The minimum absolute atomic E-state index is 0.00611. The number of carbonyl (C=O) groups excluding carboxylic acids is 1. The van der Waals surface area contributed by atoms with E-state index in [4.69, 9.17) is 39.2 Å². The zero-order valence-corrected chi connectivity index (χ0v) is 21.0. The Morgan fingerprint density at radius 1 is 1.40 bits per heavy atom. The zero-order chi connectivity index (χ0) is 25.4. The molecule has 2 aromatic rings. The fourth-order valence-electron chi connectivity index (χ4n) is 4.03. The molecular weight excluding hydrogens is 483 g/mol. The molecule has 35 heavy (non-hydrogen) atoms. The molecule has 194 valence electrons. The minimum atomic E-state index is -3.93. The van der Waals surface area contributed by atoms with Crippen LogP contribution in [0, 0.1) is 0 Å². The number of hydrogen-bond acceptors (Lipinski definition) is 13. The summed E-state index contributed by atoms with van der Waals surface area (Å²) < 4.78 is 48.0. The van der Waals surface area contributed by atoms with Gasteiger partial charge in [-0.05, 0) is 34.1 Å². The van der Waals surface area contributed by atoms with Gasteiger partial charge < -0.3 is 25.7 Å². The maximum Gasteiger partial charge on any atom is 0.475 e. The van der Waals surface area contributed by atoms with Gasteiger partial charge in [-0.3, -0.25) is 22.9 Å². The van der Waals surface area contributed by atoms with Crippen LogP contribution in [0.15, 0.2) is 6.33 Å². The number of hydrogen-bond donors (Lipinski definition) is 2. The molecule has 4 heterocycles. The molecular formula is C20H31N6O8P. The Labute approximate surface area is 202 Å². The van der Waals surface area contributed by atoms with Crippen molar-refractivity contribution < 1.29 is 37.1 Å². The van der Waals surface area contributed by atoms with Crippen molar-refractivity contribution in [3.8, 4) is 5.88 Å². The highest BCUT2D eigenvalue weighted by Gasteiger charge is 2.59. The molecule has 2 aliphatic rings. The molecule has 0 radical (unpaired) electrons. The van der Waals surface area contributed by atoms with Crippen LogP contribution < -0.4 is 16.2 Å². The number of phosphoric ester groups is 1. The van der Waals surface area contributed by atoms with E-state index < -0.39 is 31.8 Å². The van der Waals surface area contributed by atoms with Gasteiger partial charge in [0, 0.05) is 6.42 Å². The quantitative estimate of drug-likeness (QED) is 0.280. The average Bonchev–Trinajstić information content (AvgIpc) is 3.29. The summed E-state index contributed by atoms with van der Waals surface area (Å²) in [7, 11) is -3.93. The van der Waals surface area contributed by atoms with Crippen LogP contribution in [0.2, 0.25) is 0 Å². The van der Waals surface area contributed by atoms with E-state index in [2.05, 4.69) is 15.0 Å². The van der Waals surface area contributed by atoms with Crippen molar-refractivity contribution in [3.05, 3.63) is 6.33 Å². The van der Waals surface area contributed by atoms with Crippen LogP contribution >= 0.6 is 7.82 Å². The van der Waals surface area contributed by atoms with E-state index in [0.717, 1.165) is 0 Å². The predicted molar refractivity (Wildman–Crippen MR) is 122 cm³/mol. The first kappa shape index (κ1) is 25.7. The molecule has 0 saturated carbocycles. The van der Waals surface area contributed by atoms with Crippen LogP contribution in [0.3, 0.4) is 0 Å². The lowest BCUT2D eigenvalue weighted by Gasteiger charge is -2.35. The van der Waals surface area contributed by atoms with E-state index in [1.54, 1.807) is 25.3 Å². The van der Waals surface area contributed by atoms with Gasteiger partial charge >= 0.3 is 13.8 Å². The Bertz CT molecular complexity index is 1120. The van der Waals surface area contributed by atoms with Crippen LogP contribution in [-0.4, -0.2) is 69.2 Å². The highest BCUT2D eigenvalue weighted by molar-refractivity contribution is 7.48. The predicted octanol–water partition coefficient (Wildman–Crippen LogP) is 1.69. The summed E-state index contributed by atoms with van der Waals surface area (Å²) in [6, 6.07) is 0. The molecule has 2 saturated heterocycles. The maximum absolute atomic E-state index is 13.1. The minimum Gasteiger partial charge on any atom is -0.476 e. The lowest BCUT2D eigenvalue weighted by molar-refractivity contribution is -0.147. The van der Waals surface area contributed by atoms with E-state index in [9.17, 15) is 9.36 Å². The smallest absolute Gasteiger partial charge is 0.475 e. The van der Waals surface area contributed by atoms with Gasteiger partial charge in [-0.2, -0.15) is 9.97 Å². The number of nitrogens with two attached hydrogens (primary N) is 2. The molecule has 0 amide bonds. The molecule has 4 rings (SSSR count). The SMILES string of the molecule is CCOc1nc(N)nc2c1ncn2[C@@H]1O[C@@H]2CO[P@](=O)(OCCCC(=O)OC(C)C)O[C@H]2[C@@]1(C)N. The number of anilines is 1. The lowest BCUT2D eigenvalue weighted by atomic mass is 9.93. The highest BCUT2D eigenvalue weighted by Crippen LogP contribution is 2.58. The third kappa shape index (κ3) is 5.27. The summed E-state index contributed by atoms with van der Waals surface area (Å²) in [5, 5.41) is 0. The molecule has 2 aliphatic heterocycles. The summed E-state index contributed by atoms with van der Waals surface area (Å²) in [6.45, 7) is 7.35. The number of phosphoric acid groups is 1. The highest BCUT2D eigenvalue weighted by atomic mass is 31.2. The maximum atomic E-state index is 13.1. The molecule has 0 aromatic carbocycles. The normalized spacial score (nSPS) is 30.5. The van der Waals surface area contributed by atoms with Crippen molar-refractivity contribution in [2.45, 2.75) is 70.6 Å². The molecule has 2 fully saturated rings. The Morgan fingerprint density at radius 3 is 2.89 bits per heavy atom. The summed E-state index contributed by atoms with van der Waals surface area (Å²) in [5.74, 6) is -0.109. The number of fused-ring (bicyclic) bond motifs is 2. The first-order chi connectivity index (χ1) is 16.5. The molecule has 0 spiro atoms. The summed E-state index contributed by atoms with van der Waals surface area (Å²) in [6.07, 6.45) is -0.534. The van der Waals surface area contributed by atoms with E-state index in [1.165, 1.54) is 6.33 Å². The molecule has 14 nitrogen and oxygen atoms in total. The van der Waals surface area contributed by atoms with Gasteiger partial charge in [0.2, 0.25) is 11.8 Å². The second kappa shape index (κ2) is 9.96. The Hall–Kier alpha value is -2.35. The number of esters is 1. The van der Waals surface area contributed by atoms with E-state index in [0.29, 0.717) is 24.2 Å². The lowest BCUT2D eigenvalue weighted by Crippen LogP contribution is -2.54. The standard InChI is InChI=1S/C20H31N6O8P/c1-5-29-17-14-16(24-19(21)25-17)26(10-23-14)18-20(4,22)15-12(33-18)9-31-35(28,34-15)30-8-6-7-13(27)32-11(2)3/h10-12,15,18H,5-9,22H2,1-4H3,(H2,21,24,25)/t12-,15-,18-,20-,35+/m1/s1. The third-order valence-corrected chi connectivity index (χ3v) is 6.96. The van der Waals surface area contributed by atoms with Crippen LogP contribution in [0.4, 0.5) is 5.95 Å². The van der Waals surface area contributed by atoms with Crippen LogP contribution in [0.25, 0.3) is 11.2 Å². The largest absolute Gasteiger partial charge is 0.476 e. The van der Waals surface area contributed by atoms with E-state index in [1.807, 2.05) is 6.92 Å². The van der Waals surface area contributed by atoms with Gasteiger partial charge in [-0.15, -0.1) is 0 Å². The second-order valence-electron chi connectivity index (χ2n) is 8.78. The van der Waals surface area contributed by atoms with Gasteiger partial charge in [0.25, 0.3) is 0 Å².